The predicted molar refractivity (Wildman–Crippen MR) is 96.5 cm³/mol. The molecular formula is C19H23N3O3. The molecule has 0 aliphatic heterocycles. The van der Waals surface area contributed by atoms with Crippen LogP contribution in [0.25, 0.3) is 0 Å². The van der Waals surface area contributed by atoms with E-state index in [0.717, 1.165) is 5.56 Å². The first-order valence-corrected chi connectivity index (χ1v) is 8.10. The summed E-state index contributed by atoms with van der Waals surface area (Å²) >= 11 is 0. The number of amides is 2. The Labute approximate surface area is 147 Å². The molecule has 0 aliphatic rings. The van der Waals surface area contributed by atoms with Gasteiger partial charge in [0.2, 0.25) is 0 Å². The zero-order valence-electron chi connectivity index (χ0n) is 14.9. The summed E-state index contributed by atoms with van der Waals surface area (Å²) in [6.45, 7) is 4.24. The van der Waals surface area contributed by atoms with E-state index in [9.17, 15) is 14.4 Å². The van der Waals surface area contributed by atoms with E-state index in [1.165, 1.54) is 10.6 Å². The first-order valence-electron chi connectivity index (χ1n) is 8.10. The molecule has 0 atom stereocenters. The highest BCUT2D eigenvalue weighted by atomic mass is 16.2. The number of hydrogen-bond acceptors (Lipinski definition) is 3. The van der Waals surface area contributed by atoms with Crippen LogP contribution in [0, 0.1) is 0 Å². The van der Waals surface area contributed by atoms with Gasteiger partial charge in [-0.25, -0.2) is 0 Å². The third-order valence-corrected chi connectivity index (χ3v) is 4.12. The molecule has 6 nitrogen and oxygen atoms in total. The number of aryl methyl sites for hydroxylation is 1. The van der Waals surface area contributed by atoms with Crippen molar-refractivity contribution in [1.82, 2.24) is 14.8 Å². The first kappa shape index (κ1) is 18.4. The number of benzene rings is 1. The van der Waals surface area contributed by atoms with Crippen LogP contribution in [0.15, 0.2) is 47.4 Å². The van der Waals surface area contributed by atoms with Crippen LogP contribution in [0.1, 0.15) is 40.1 Å². The summed E-state index contributed by atoms with van der Waals surface area (Å²) in [6.07, 6.45) is 1.56. The zero-order valence-corrected chi connectivity index (χ0v) is 14.9. The number of pyridine rings is 1. The van der Waals surface area contributed by atoms with Crippen molar-refractivity contribution < 1.29 is 9.59 Å². The quantitative estimate of drug-likeness (QED) is 0.901. The molecule has 0 spiro atoms. The van der Waals surface area contributed by atoms with Crippen LogP contribution < -0.4 is 10.9 Å². The Morgan fingerprint density at radius 2 is 1.76 bits per heavy atom. The Morgan fingerprint density at radius 1 is 1.12 bits per heavy atom. The maximum atomic E-state index is 12.2. The second-order valence-electron chi connectivity index (χ2n) is 6.25. The van der Waals surface area contributed by atoms with Crippen molar-refractivity contribution in [2.24, 2.45) is 7.05 Å². The number of aromatic nitrogens is 1. The van der Waals surface area contributed by atoms with Crippen LogP contribution in [0.2, 0.25) is 0 Å². The van der Waals surface area contributed by atoms with E-state index in [2.05, 4.69) is 5.32 Å². The molecule has 0 saturated heterocycles. The zero-order chi connectivity index (χ0) is 18.6. The number of nitrogens with one attached hydrogen (secondary N) is 1. The number of carbonyl (C=O) groups is 2. The molecule has 0 unspecified atom stereocenters. The van der Waals surface area contributed by atoms with Crippen molar-refractivity contribution in [3.05, 3.63) is 69.6 Å². The van der Waals surface area contributed by atoms with Crippen LogP contribution in [0.3, 0.4) is 0 Å². The second kappa shape index (κ2) is 7.79. The van der Waals surface area contributed by atoms with E-state index in [1.54, 1.807) is 43.4 Å². The normalized spacial score (nSPS) is 10.6. The van der Waals surface area contributed by atoms with Crippen LogP contribution in [0.4, 0.5) is 0 Å². The fourth-order valence-electron chi connectivity index (χ4n) is 2.18. The van der Waals surface area contributed by atoms with E-state index in [4.69, 9.17) is 0 Å². The molecule has 0 saturated carbocycles. The average Bonchev–Trinajstić information content (AvgIpc) is 2.61. The smallest absolute Gasteiger partial charge is 0.253 e. The summed E-state index contributed by atoms with van der Waals surface area (Å²) in [6, 6.07) is 10.2. The predicted octanol–water partition coefficient (Wildman–Crippen LogP) is 1.80. The molecule has 1 heterocycles. The minimum atomic E-state index is -0.308. The third kappa shape index (κ3) is 4.56. The molecular weight excluding hydrogens is 318 g/mol. The maximum absolute atomic E-state index is 12.2. The van der Waals surface area contributed by atoms with E-state index in [1.807, 2.05) is 26.0 Å². The largest absolute Gasteiger partial charge is 0.348 e. The van der Waals surface area contributed by atoms with Gasteiger partial charge in [-0.1, -0.05) is 12.1 Å². The molecule has 25 heavy (non-hydrogen) atoms. The van der Waals surface area contributed by atoms with Gasteiger partial charge in [0.25, 0.3) is 17.4 Å². The minimum Gasteiger partial charge on any atom is -0.348 e. The lowest BCUT2D eigenvalue weighted by Gasteiger charge is -2.21. The lowest BCUT2D eigenvalue weighted by Crippen LogP contribution is -2.32. The molecule has 1 aromatic carbocycles. The van der Waals surface area contributed by atoms with E-state index >= 15 is 0 Å². The Bertz CT molecular complexity index is 823. The SMILES string of the molecule is CC(C)N(C)C(=O)c1ccc(CNC(=O)c2ccn(C)c(=O)c2)cc1. The Kier molecular flexibility index (Phi) is 5.75. The molecule has 0 bridgehead atoms. The van der Waals surface area contributed by atoms with Gasteiger partial charge in [-0.3, -0.25) is 14.4 Å². The highest BCUT2D eigenvalue weighted by Crippen LogP contribution is 2.09. The number of nitrogens with zero attached hydrogens (tertiary/aromatic N) is 2. The van der Waals surface area contributed by atoms with Gasteiger partial charge in [0, 0.05) is 50.1 Å². The van der Waals surface area contributed by atoms with Crippen LogP contribution in [0.5, 0.6) is 0 Å². The number of hydrogen-bond donors (Lipinski definition) is 1. The van der Waals surface area contributed by atoms with Crippen molar-refractivity contribution in [2.75, 3.05) is 7.05 Å². The van der Waals surface area contributed by atoms with E-state index in [-0.39, 0.29) is 23.4 Å². The molecule has 0 radical (unpaired) electrons. The van der Waals surface area contributed by atoms with Gasteiger partial charge in [0.05, 0.1) is 0 Å². The minimum absolute atomic E-state index is 0.0364. The monoisotopic (exact) mass is 341 g/mol. The van der Waals surface area contributed by atoms with Crippen LogP contribution in [-0.2, 0) is 13.6 Å². The maximum Gasteiger partial charge on any atom is 0.253 e. The molecule has 132 valence electrons. The van der Waals surface area contributed by atoms with E-state index < -0.39 is 0 Å². The summed E-state index contributed by atoms with van der Waals surface area (Å²) in [5.41, 5.74) is 1.58. The summed E-state index contributed by atoms with van der Waals surface area (Å²) < 4.78 is 1.40. The molecule has 2 rings (SSSR count). The third-order valence-electron chi connectivity index (χ3n) is 4.12. The van der Waals surface area contributed by atoms with Crippen molar-refractivity contribution in [3.63, 3.8) is 0 Å². The summed E-state index contributed by atoms with van der Waals surface area (Å²) in [5, 5.41) is 2.77. The molecule has 0 aliphatic carbocycles. The molecule has 1 N–H and O–H groups in total. The fourth-order valence-corrected chi connectivity index (χ4v) is 2.18. The lowest BCUT2D eigenvalue weighted by atomic mass is 10.1. The Hall–Kier alpha value is -2.89. The van der Waals surface area contributed by atoms with Gasteiger partial charge >= 0.3 is 0 Å². The van der Waals surface area contributed by atoms with Gasteiger partial charge in [0.15, 0.2) is 0 Å². The molecule has 6 heteroatoms. The molecule has 2 aromatic rings. The fraction of sp³-hybridized carbons (Fsp3) is 0.316. The highest BCUT2D eigenvalue weighted by molar-refractivity contribution is 5.94. The lowest BCUT2D eigenvalue weighted by molar-refractivity contribution is 0.0754. The van der Waals surface area contributed by atoms with Gasteiger partial charge in [0.1, 0.15) is 0 Å². The summed E-state index contributed by atoms with van der Waals surface area (Å²) in [5.74, 6) is -0.344. The molecule has 2 amide bonds. The van der Waals surface area contributed by atoms with Crippen LogP contribution in [-0.4, -0.2) is 34.4 Å². The summed E-state index contributed by atoms with van der Waals surface area (Å²) in [4.78, 5) is 37.6. The van der Waals surface area contributed by atoms with E-state index in [0.29, 0.717) is 17.7 Å². The second-order valence-corrected chi connectivity index (χ2v) is 6.25. The topological polar surface area (TPSA) is 71.4 Å². The van der Waals surface area contributed by atoms with Crippen molar-refractivity contribution >= 4 is 11.8 Å². The first-order chi connectivity index (χ1) is 11.8. The summed E-state index contributed by atoms with van der Waals surface area (Å²) in [7, 11) is 3.40. The molecule has 0 fully saturated rings. The Morgan fingerprint density at radius 3 is 2.32 bits per heavy atom. The highest BCUT2D eigenvalue weighted by Gasteiger charge is 2.14. The van der Waals surface area contributed by atoms with Crippen LogP contribution >= 0.6 is 0 Å². The molecule has 1 aromatic heterocycles. The van der Waals surface area contributed by atoms with Crippen molar-refractivity contribution in [2.45, 2.75) is 26.4 Å². The van der Waals surface area contributed by atoms with Gasteiger partial charge in [-0.2, -0.15) is 0 Å². The van der Waals surface area contributed by atoms with Crippen molar-refractivity contribution in [1.29, 1.82) is 0 Å². The van der Waals surface area contributed by atoms with Gasteiger partial charge < -0.3 is 14.8 Å². The number of rotatable bonds is 5. The standard InChI is InChI=1S/C19H23N3O3/c1-13(2)22(4)19(25)15-7-5-14(6-8-15)12-20-18(24)16-9-10-21(3)17(23)11-16/h5-11,13H,12H2,1-4H3,(H,20,24). The number of carbonyl (C=O) groups excluding carboxylic acids is 2. The average molecular weight is 341 g/mol. The van der Waals surface area contributed by atoms with Crippen molar-refractivity contribution in [3.8, 4) is 0 Å². The van der Waals surface area contributed by atoms with Gasteiger partial charge in [-0.05, 0) is 37.6 Å². The van der Waals surface area contributed by atoms with Gasteiger partial charge in [-0.15, -0.1) is 0 Å². The Balaban J connectivity index is 1.99.